The number of hydrogen-bond acceptors (Lipinski definition) is 2. The second-order valence-electron chi connectivity index (χ2n) is 5.37. The molecule has 0 aliphatic carbocycles. The van der Waals surface area contributed by atoms with E-state index in [9.17, 15) is 9.90 Å². The lowest BCUT2D eigenvalue weighted by Gasteiger charge is -2.36. The number of aliphatic hydroxyl groups is 1. The first-order chi connectivity index (χ1) is 9.06. The number of benzene rings is 1. The summed E-state index contributed by atoms with van der Waals surface area (Å²) in [7, 11) is 0. The molecule has 0 unspecified atom stereocenters. The number of hydrogen-bond donors (Lipinski definition) is 1. The molecule has 0 bridgehead atoms. The summed E-state index contributed by atoms with van der Waals surface area (Å²) < 4.78 is 0. The molecule has 1 aromatic carbocycles. The number of rotatable bonds is 4. The third kappa shape index (κ3) is 2.87. The molecular weight excluding hydrogens is 238 g/mol. The molecule has 1 N–H and O–H groups in total. The fourth-order valence-corrected chi connectivity index (χ4v) is 2.83. The van der Waals surface area contributed by atoms with E-state index in [1.807, 2.05) is 30.3 Å². The van der Waals surface area contributed by atoms with E-state index in [4.69, 9.17) is 0 Å². The van der Waals surface area contributed by atoms with Gasteiger partial charge in [-0.1, -0.05) is 24.3 Å². The average Bonchev–Trinajstić information content (AvgIpc) is 2.89. The summed E-state index contributed by atoms with van der Waals surface area (Å²) in [5, 5.41) is 10.5. The molecule has 1 aliphatic rings. The molecule has 2 atom stereocenters. The van der Waals surface area contributed by atoms with Gasteiger partial charge in [0.1, 0.15) is 0 Å². The summed E-state index contributed by atoms with van der Waals surface area (Å²) in [4.78, 5) is 14.3. The van der Waals surface area contributed by atoms with Gasteiger partial charge in [-0.25, -0.2) is 0 Å². The van der Waals surface area contributed by atoms with Crippen molar-refractivity contribution in [2.75, 3.05) is 6.54 Å². The fraction of sp³-hybridized carbons (Fsp3) is 0.438. The zero-order chi connectivity index (χ0) is 13.9. The fourth-order valence-electron chi connectivity index (χ4n) is 2.83. The molecule has 1 saturated heterocycles. The molecule has 0 radical (unpaired) electrons. The van der Waals surface area contributed by atoms with Crippen LogP contribution in [-0.4, -0.2) is 34.1 Å². The van der Waals surface area contributed by atoms with Crippen LogP contribution in [0.25, 0.3) is 0 Å². The van der Waals surface area contributed by atoms with Gasteiger partial charge in [-0.05, 0) is 38.3 Å². The Morgan fingerprint density at radius 3 is 2.84 bits per heavy atom. The van der Waals surface area contributed by atoms with Crippen molar-refractivity contribution < 1.29 is 9.90 Å². The van der Waals surface area contributed by atoms with Crippen LogP contribution in [0, 0.1) is 0 Å². The number of amides is 1. The van der Waals surface area contributed by atoms with Crippen molar-refractivity contribution in [3.8, 4) is 0 Å². The van der Waals surface area contributed by atoms with E-state index in [1.54, 1.807) is 17.9 Å². The summed E-state index contributed by atoms with van der Waals surface area (Å²) in [5.41, 5.74) is -0.216. The number of likely N-dealkylation sites (tertiary alicyclic amines) is 1. The summed E-state index contributed by atoms with van der Waals surface area (Å²) in [6.07, 6.45) is 4.00. The average molecular weight is 259 g/mol. The zero-order valence-corrected chi connectivity index (χ0v) is 11.4. The van der Waals surface area contributed by atoms with Gasteiger partial charge < -0.3 is 10.0 Å². The van der Waals surface area contributed by atoms with Crippen molar-refractivity contribution in [3.05, 3.63) is 48.6 Å². The van der Waals surface area contributed by atoms with Gasteiger partial charge in [0.05, 0.1) is 11.6 Å². The normalized spacial score (nSPS) is 22.0. The molecular formula is C16H21NO2. The van der Waals surface area contributed by atoms with Gasteiger partial charge in [-0.2, -0.15) is 0 Å². The Morgan fingerprint density at radius 2 is 2.21 bits per heavy atom. The minimum atomic E-state index is -0.900. The van der Waals surface area contributed by atoms with Crippen molar-refractivity contribution in [1.82, 2.24) is 4.90 Å². The highest BCUT2D eigenvalue weighted by atomic mass is 16.3. The molecule has 3 heteroatoms. The zero-order valence-electron chi connectivity index (χ0n) is 11.4. The van der Waals surface area contributed by atoms with Gasteiger partial charge in [0.2, 0.25) is 0 Å². The van der Waals surface area contributed by atoms with Gasteiger partial charge in [-0.3, -0.25) is 4.79 Å². The minimum Gasteiger partial charge on any atom is -0.388 e. The quantitative estimate of drug-likeness (QED) is 0.844. The Balaban J connectivity index is 2.19. The lowest BCUT2D eigenvalue weighted by atomic mass is 9.90. The first-order valence-corrected chi connectivity index (χ1v) is 6.75. The second-order valence-corrected chi connectivity index (χ2v) is 5.37. The van der Waals surface area contributed by atoms with Crippen LogP contribution in [0.3, 0.4) is 0 Å². The lowest BCUT2D eigenvalue weighted by Crippen LogP contribution is -2.49. The molecule has 1 amide bonds. The molecule has 1 fully saturated rings. The Labute approximate surface area is 114 Å². The molecule has 19 heavy (non-hydrogen) atoms. The SMILES string of the molecule is C=CC[C@@](C)(O)[C@H]1CCCN1C(=O)c1ccccc1. The van der Waals surface area contributed by atoms with Gasteiger partial charge >= 0.3 is 0 Å². The van der Waals surface area contributed by atoms with Crippen LogP contribution in [-0.2, 0) is 0 Å². The topological polar surface area (TPSA) is 40.5 Å². The monoisotopic (exact) mass is 259 g/mol. The maximum Gasteiger partial charge on any atom is 0.254 e. The molecule has 1 aliphatic heterocycles. The van der Waals surface area contributed by atoms with E-state index >= 15 is 0 Å². The van der Waals surface area contributed by atoms with Crippen LogP contribution < -0.4 is 0 Å². The number of nitrogens with zero attached hydrogens (tertiary/aromatic N) is 1. The van der Waals surface area contributed by atoms with Gasteiger partial charge in [0, 0.05) is 12.1 Å². The predicted molar refractivity (Wildman–Crippen MR) is 75.9 cm³/mol. The summed E-state index contributed by atoms with van der Waals surface area (Å²) in [6, 6.07) is 9.13. The smallest absolute Gasteiger partial charge is 0.254 e. The second kappa shape index (κ2) is 5.57. The van der Waals surface area contributed by atoms with Gasteiger partial charge in [-0.15, -0.1) is 6.58 Å². The van der Waals surface area contributed by atoms with E-state index in [0.29, 0.717) is 18.5 Å². The summed E-state index contributed by atoms with van der Waals surface area (Å²) >= 11 is 0. The van der Waals surface area contributed by atoms with E-state index in [0.717, 1.165) is 12.8 Å². The van der Waals surface area contributed by atoms with Crippen molar-refractivity contribution in [3.63, 3.8) is 0 Å². The number of carbonyl (C=O) groups is 1. The Kier molecular flexibility index (Phi) is 4.05. The first-order valence-electron chi connectivity index (χ1n) is 6.75. The maximum absolute atomic E-state index is 12.5. The van der Waals surface area contributed by atoms with Crippen LogP contribution in [0.4, 0.5) is 0 Å². The van der Waals surface area contributed by atoms with Crippen molar-refractivity contribution in [2.45, 2.75) is 37.8 Å². The maximum atomic E-state index is 12.5. The molecule has 1 aromatic rings. The molecule has 0 aromatic heterocycles. The van der Waals surface area contributed by atoms with E-state index in [1.165, 1.54) is 0 Å². The highest BCUT2D eigenvalue weighted by Crippen LogP contribution is 2.30. The number of carbonyl (C=O) groups excluding carboxylic acids is 1. The van der Waals surface area contributed by atoms with Crippen LogP contribution in [0.1, 0.15) is 36.5 Å². The molecule has 3 nitrogen and oxygen atoms in total. The molecule has 0 saturated carbocycles. The van der Waals surface area contributed by atoms with E-state index in [-0.39, 0.29) is 11.9 Å². The molecule has 0 spiro atoms. The summed E-state index contributed by atoms with van der Waals surface area (Å²) in [5.74, 6) is 0.00689. The van der Waals surface area contributed by atoms with Gasteiger partial charge in [0.15, 0.2) is 0 Å². The first kappa shape index (κ1) is 13.8. The Morgan fingerprint density at radius 1 is 1.53 bits per heavy atom. The van der Waals surface area contributed by atoms with Crippen LogP contribution >= 0.6 is 0 Å². The largest absolute Gasteiger partial charge is 0.388 e. The third-order valence-corrected chi connectivity index (χ3v) is 3.81. The Hall–Kier alpha value is -1.61. The molecule has 1 heterocycles. The van der Waals surface area contributed by atoms with Gasteiger partial charge in [0.25, 0.3) is 5.91 Å². The molecule has 102 valence electrons. The molecule has 2 rings (SSSR count). The van der Waals surface area contributed by atoms with E-state index < -0.39 is 5.60 Å². The van der Waals surface area contributed by atoms with Crippen LogP contribution in [0.2, 0.25) is 0 Å². The minimum absolute atomic E-state index is 0.00689. The standard InChI is InChI=1S/C16H21NO2/c1-3-11-16(2,19)14-10-7-12-17(14)15(18)13-8-5-4-6-9-13/h3-6,8-9,14,19H,1,7,10-12H2,2H3/t14-,16-/m1/s1. The van der Waals surface area contributed by atoms with Crippen molar-refractivity contribution in [2.24, 2.45) is 0 Å². The summed E-state index contributed by atoms with van der Waals surface area (Å²) in [6.45, 7) is 6.18. The predicted octanol–water partition coefficient (Wildman–Crippen LogP) is 2.62. The highest BCUT2D eigenvalue weighted by molar-refractivity contribution is 5.94. The Bertz CT molecular complexity index is 453. The third-order valence-electron chi connectivity index (χ3n) is 3.81. The highest BCUT2D eigenvalue weighted by Gasteiger charge is 2.40. The van der Waals surface area contributed by atoms with Crippen LogP contribution in [0.15, 0.2) is 43.0 Å². The lowest BCUT2D eigenvalue weighted by molar-refractivity contribution is -0.0112. The van der Waals surface area contributed by atoms with Crippen molar-refractivity contribution in [1.29, 1.82) is 0 Å². The van der Waals surface area contributed by atoms with Crippen molar-refractivity contribution >= 4 is 5.91 Å². The van der Waals surface area contributed by atoms with E-state index in [2.05, 4.69) is 6.58 Å². The van der Waals surface area contributed by atoms with Crippen LogP contribution in [0.5, 0.6) is 0 Å².